The number of hydrogen-bond donors (Lipinski definition) is 2. The lowest BCUT2D eigenvalue weighted by Crippen LogP contribution is -2.31. The van der Waals surface area contributed by atoms with Gasteiger partial charge in [0.15, 0.2) is 5.69 Å². The Labute approximate surface area is 172 Å². The zero-order valence-electron chi connectivity index (χ0n) is 16.5. The summed E-state index contributed by atoms with van der Waals surface area (Å²) in [6, 6.07) is 14.4. The van der Waals surface area contributed by atoms with E-state index in [1.807, 2.05) is 43.5 Å². The number of nitrogens with one attached hydrogen (secondary N) is 1. The van der Waals surface area contributed by atoms with Gasteiger partial charge in [0.25, 0.3) is 0 Å². The predicted molar refractivity (Wildman–Crippen MR) is 117 cm³/mol. The number of rotatable bonds is 4. The summed E-state index contributed by atoms with van der Waals surface area (Å²) in [5, 5.41) is 13.6. The van der Waals surface area contributed by atoms with Crippen molar-refractivity contribution in [2.45, 2.75) is 52.7 Å². The molecular weight excluding hydrogens is 364 g/mol. The normalized spacial score (nSPS) is 13.2. The molecule has 0 radical (unpaired) electrons. The highest BCUT2D eigenvalue weighted by Gasteiger charge is 2.28. The highest BCUT2D eigenvalue weighted by Crippen LogP contribution is 2.31. The molecule has 0 saturated heterocycles. The average molecular weight is 393 g/mol. The Morgan fingerprint density at radius 3 is 2.41 bits per heavy atom. The molecule has 3 rings (SSSR count). The van der Waals surface area contributed by atoms with Gasteiger partial charge in [-0.3, -0.25) is 10.1 Å². The minimum Gasteiger partial charge on any atom is -0.385 e. The van der Waals surface area contributed by atoms with Crippen LogP contribution in [0.15, 0.2) is 48.5 Å². The third kappa shape index (κ3) is 4.64. The smallest absolute Gasteiger partial charge is 0.229 e. The second-order valence-electron chi connectivity index (χ2n) is 8.09. The number of aliphatic hydroxyl groups is 1. The van der Waals surface area contributed by atoms with E-state index in [9.17, 15) is 9.90 Å². The molecule has 1 atom stereocenters. The van der Waals surface area contributed by atoms with Crippen LogP contribution in [0.3, 0.4) is 0 Å². The van der Waals surface area contributed by atoms with Crippen molar-refractivity contribution in [1.82, 2.24) is 9.55 Å². The van der Waals surface area contributed by atoms with Crippen LogP contribution in [0, 0.1) is 6.57 Å². The van der Waals surface area contributed by atoms with Gasteiger partial charge in [-0.05, 0) is 45.4 Å². The molecule has 0 aliphatic carbocycles. The number of anilines is 1. The summed E-state index contributed by atoms with van der Waals surface area (Å²) in [5.74, 6) is 0.0681. The summed E-state index contributed by atoms with van der Waals surface area (Å²) < 4.78 is 1.91. The monoisotopic (exact) mass is 392 g/mol. The van der Waals surface area contributed by atoms with E-state index >= 15 is 0 Å². The van der Waals surface area contributed by atoms with E-state index in [2.05, 4.69) is 15.1 Å². The maximum Gasteiger partial charge on any atom is 0.229 e. The summed E-state index contributed by atoms with van der Waals surface area (Å²) in [4.78, 5) is 20.7. The van der Waals surface area contributed by atoms with Gasteiger partial charge < -0.3 is 9.67 Å². The lowest BCUT2D eigenvalue weighted by atomic mass is 9.92. The van der Waals surface area contributed by atoms with Crippen LogP contribution < -0.4 is 5.32 Å². The number of benzene rings is 2. The number of carbonyl (C=O) groups is 1. The zero-order valence-corrected chi connectivity index (χ0v) is 16.5. The lowest BCUT2D eigenvalue weighted by Gasteiger charge is -2.26. The molecule has 1 aromatic heterocycles. The van der Waals surface area contributed by atoms with Crippen molar-refractivity contribution in [3.63, 3.8) is 0 Å². The molecule has 2 N–H and O–H groups in total. The summed E-state index contributed by atoms with van der Waals surface area (Å²) in [5.41, 5.74) is 1.03. The Hall–Kier alpha value is -3.17. The highest BCUT2D eigenvalue weighted by atomic mass is 16.3. The third-order valence-electron chi connectivity index (χ3n) is 4.59. The molecule has 152 valence electrons. The van der Waals surface area contributed by atoms with Crippen LogP contribution in [0.25, 0.3) is 15.9 Å². The Kier molecular flexibility index (Phi) is 6.15. The van der Waals surface area contributed by atoms with Crippen LogP contribution in [0.4, 0.5) is 11.6 Å². The van der Waals surface area contributed by atoms with E-state index in [1.165, 1.54) is 0 Å². The Morgan fingerprint density at radius 2 is 1.83 bits per heavy atom. The maximum atomic E-state index is 12.7. The maximum absolute atomic E-state index is 12.7. The number of aromatic nitrogens is 2. The molecule has 1 amide bonds. The molecule has 2 aromatic carbocycles. The summed E-state index contributed by atoms with van der Waals surface area (Å²) >= 11 is 0. The van der Waals surface area contributed by atoms with Gasteiger partial charge in [-0.15, -0.1) is 0 Å². The second-order valence-corrected chi connectivity index (χ2v) is 8.09. The van der Waals surface area contributed by atoms with E-state index in [-0.39, 0.29) is 25.3 Å². The van der Waals surface area contributed by atoms with E-state index in [0.29, 0.717) is 22.7 Å². The van der Waals surface area contributed by atoms with Gasteiger partial charge >= 0.3 is 0 Å². The number of imidazole rings is 1. The van der Waals surface area contributed by atoms with Crippen molar-refractivity contribution in [3.05, 3.63) is 65.5 Å². The van der Waals surface area contributed by atoms with Gasteiger partial charge in [-0.2, -0.15) is 0 Å². The SMILES string of the molecule is C.[C-]#[N+]c1ccc2nc(NC(=O)C[C@@](C)(O)c3ccccc3)n(C(C)(C)C)c2c1. The summed E-state index contributed by atoms with van der Waals surface area (Å²) in [6.07, 6.45) is -0.0995. The largest absolute Gasteiger partial charge is 0.385 e. The lowest BCUT2D eigenvalue weighted by molar-refractivity contribution is -0.120. The molecular formula is C23H28N4O2. The van der Waals surface area contributed by atoms with Crippen molar-refractivity contribution in [2.24, 2.45) is 0 Å². The van der Waals surface area contributed by atoms with Crippen molar-refractivity contribution in [2.75, 3.05) is 5.32 Å². The zero-order chi connectivity index (χ0) is 20.5. The quantitative estimate of drug-likeness (QED) is 0.598. The number of amides is 1. The number of carbonyl (C=O) groups excluding carboxylic acids is 1. The fourth-order valence-electron chi connectivity index (χ4n) is 3.28. The van der Waals surface area contributed by atoms with E-state index in [1.54, 1.807) is 37.3 Å². The van der Waals surface area contributed by atoms with Gasteiger partial charge in [-0.25, -0.2) is 9.83 Å². The fraction of sp³-hybridized carbons (Fsp3) is 0.348. The minimum absolute atomic E-state index is 0. The molecule has 0 aliphatic heterocycles. The summed E-state index contributed by atoms with van der Waals surface area (Å²) in [6.45, 7) is 14.9. The van der Waals surface area contributed by atoms with Crippen LogP contribution in [-0.4, -0.2) is 20.6 Å². The van der Waals surface area contributed by atoms with Crippen LogP contribution in [-0.2, 0) is 15.9 Å². The Morgan fingerprint density at radius 1 is 1.17 bits per heavy atom. The molecule has 0 aliphatic rings. The first-order chi connectivity index (χ1) is 13.1. The van der Waals surface area contributed by atoms with Gasteiger partial charge in [0, 0.05) is 5.54 Å². The molecule has 0 spiro atoms. The molecule has 0 bridgehead atoms. The first-order valence-electron chi connectivity index (χ1n) is 9.10. The number of hydrogen-bond acceptors (Lipinski definition) is 3. The van der Waals surface area contributed by atoms with Crippen molar-refractivity contribution < 1.29 is 9.90 Å². The molecule has 6 heteroatoms. The molecule has 0 unspecified atom stereocenters. The molecule has 29 heavy (non-hydrogen) atoms. The van der Waals surface area contributed by atoms with Crippen molar-refractivity contribution in [3.8, 4) is 0 Å². The van der Waals surface area contributed by atoms with Crippen LogP contribution in [0.5, 0.6) is 0 Å². The van der Waals surface area contributed by atoms with E-state index in [0.717, 1.165) is 5.52 Å². The predicted octanol–water partition coefficient (Wildman–Crippen LogP) is 5.21. The van der Waals surface area contributed by atoms with Gasteiger partial charge in [0.2, 0.25) is 11.9 Å². The van der Waals surface area contributed by atoms with Gasteiger partial charge in [0.05, 0.1) is 29.6 Å². The summed E-state index contributed by atoms with van der Waals surface area (Å²) in [7, 11) is 0. The fourth-order valence-corrected chi connectivity index (χ4v) is 3.28. The molecule has 0 saturated carbocycles. The van der Waals surface area contributed by atoms with Gasteiger partial charge in [-0.1, -0.05) is 43.8 Å². The van der Waals surface area contributed by atoms with E-state index < -0.39 is 5.60 Å². The van der Waals surface area contributed by atoms with Crippen LogP contribution in [0.2, 0.25) is 0 Å². The molecule has 0 fully saturated rings. The topological polar surface area (TPSA) is 71.5 Å². The van der Waals surface area contributed by atoms with Crippen LogP contribution in [0.1, 0.15) is 47.1 Å². The standard InChI is InChI=1S/C22H24N4O2.CH4/c1-21(2,3)26-18-13-16(23-5)11-12-17(18)24-20(26)25-19(27)14-22(4,28)15-9-7-6-8-10-15;/h6-13,28H,14H2,1-4H3,(H,24,25,27);1H4/t22-;/m1./s1. The van der Waals surface area contributed by atoms with Gasteiger partial charge in [0.1, 0.15) is 0 Å². The molecule has 1 heterocycles. The third-order valence-corrected chi connectivity index (χ3v) is 4.59. The highest BCUT2D eigenvalue weighted by molar-refractivity contribution is 5.93. The van der Waals surface area contributed by atoms with Crippen molar-refractivity contribution >= 4 is 28.6 Å². The Balaban J connectivity index is 0.00000300. The second kappa shape index (κ2) is 8.06. The van der Waals surface area contributed by atoms with Crippen LogP contribution >= 0.6 is 0 Å². The molecule has 3 aromatic rings. The number of nitrogens with zero attached hydrogens (tertiary/aromatic N) is 3. The minimum atomic E-state index is -1.29. The Bertz CT molecular complexity index is 1050. The number of fused-ring (bicyclic) bond motifs is 1. The molecule has 6 nitrogen and oxygen atoms in total. The average Bonchev–Trinajstić information content (AvgIpc) is 2.98. The first kappa shape index (κ1) is 22.1. The first-order valence-corrected chi connectivity index (χ1v) is 9.10. The van der Waals surface area contributed by atoms with Crippen molar-refractivity contribution in [1.29, 1.82) is 0 Å². The van der Waals surface area contributed by atoms with E-state index in [4.69, 9.17) is 6.57 Å².